The summed E-state index contributed by atoms with van der Waals surface area (Å²) < 4.78 is 12.7. The maximum atomic E-state index is 5.50. The van der Waals surface area contributed by atoms with Crippen molar-refractivity contribution < 1.29 is 9.47 Å². The van der Waals surface area contributed by atoms with E-state index in [9.17, 15) is 0 Å². The van der Waals surface area contributed by atoms with E-state index < -0.39 is 0 Å². The monoisotopic (exact) mass is 290 g/mol. The molecular formula is C15H22N4O2. The van der Waals surface area contributed by atoms with Crippen molar-refractivity contribution in [3.8, 4) is 11.8 Å². The third kappa shape index (κ3) is 2.55. The van der Waals surface area contributed by atoms with Crippen LogP contribution in [0.5, 0.6) is 11.8 Å². The minimum Gasteiger partial charge on any atom is -0.482 e. The number of methoxy groups -OCH3 is 2. The molecule has 1 aliphatic heterocycles. The Morgan fingerprint density at radius 1 is 1.24 bits per heavy atom. The number of hydrogen-bond acceptors (Lipinski definition) is 5. The highest BCUT2D eigenvalue weighted by molar-refractivity contribution is 5.44. The molecule has 0 aliphatic carbocycles. The largest absolute Gasteiger partial charge is 0.482 e. The third-order valence-corrected chi connectivity index (χ3v) is 3.80. The summed E-state index contributed by atoms with van der Waals surface area (Å²) in [5, 5.41) is 0. The van der Waals surface area contributed by atoms with E-state index in [-0.39, 0.29) is 0 Å². The number of rotatable bonds is 4. The summed E-state index contributed by atoms with van der Waals surface area (Å²) in [5.41, 5.74) is 2.30. The molecule has 0 saturated heterocycles. The molecule has 1 aliphatic rings. The Bertz CT molecular complexity index is 651. The highest BCUT2D eigenvalue weighted by Gasteiger charge is 2.24. The number of nitrogens with zero attached hydrogens (tertiary/aromatic N) is 4. The zero-order valence-electron chi connectivity index (χ0n) is 13.1. The molecule has 2 aromatic rings. The SMILES string of the molecule is COc1cc(OC)n2c3c(nc2n1)CCN(CC(C)C)C3. The number of ether oxygens (including phenoxy) is 2. The summed E-state index contributed by atoms with van der Waals surface area (Å²) in [6.45, 7) is 7.53. The molecule has 0 spiro atoms. The normalized spacial score (nSPS) is 15.5. The topological polar surface area (TPSA) is 51.9 Å². The van der Waals surface area contributed by atoms with Gasteiger partial charge in [-0.15, -0.1) is 0 Å². The Kier molecular flexibility index (Phi) is 3.71. The van der Waals surface area contributed by atoms with Crippen LogP contribution in [-0.2, 0) is 13.0 Å². The van der Waals surface area contributed by atoms with Gasteiger partial charge in [-0.2, -0.15) is 4.98 Å². The molecule has 3 heterocycles. The molecule has 0 N–H and O–H groups in total. The second kappa shape index (κ2) is 5.52. The van der Waals surface area contributed by atoms with E-state index in [1.807, 2.05) is 4.40 Å². The molecule has 0 bridgehead atoms. The number of aromatic nitrogens is 3. The second-order valence-corrected chi connectivity index (χ2v) is 5.86. The lowest BCUT2D eigenvalue weighted by Crippen LogP contribution is -2.33. The maximum absolute atomic E-state index is 5.50. The summed E-state index contributed by atoms with van der Waals surface area (Å²) in [6.07, 6.45) is 0.955. The van der Waals surface area contributed by atoms with E-state index in [4.69, 9.17) is 9.47 Å². The highest BCUT2D eigenvalue weighted by atomic mass is 16.5. The average molecular weight is 290 g/mol. The molecule has 0 aromatic carbocycles. The van der Waals surface area contributed by atoms with Gasteiger partial charge < -0.3 is 9.47 Å². The van der Waals surface area contributed by atoms with Crippen molar-refractivity contribution >= 4 is 5.78 Å². The molecule has 0 radical (unpaired) electrons. The van der Waals surface area contributed by atoms with E-state index in [1.54, 1.807) is 20.3 Å². The molecular weight excluding hydrogens is 268 g/mol. The molecule has 0 saturated carbocycles. The van der Waals surface area contributed by atoms with Crippen LogP contribution in [0.2, 0.25) is 0 Å². The smallest absolute Gasteiger partial charge is 0.240 e. The summed E-state index contributed by atoms with van der Waals surface area (Å²) in [7, 11) is 3.26. The molecule has 0 fully saturated rings. The standard InChI is InChI=1S/C15H22N4O2/c1-10(2)8-18-6-5-11-12(9-18)19-14(21-4)7-13(20-3)17-15(19)16-11/h7,10H,5-6,8-9H2,1-4H3. The van der Waals surface area contributed by atoms with Gasteiger partial charge in [0.2, 0.25) is 17.5 Å². The average Bonchev–Trinajstić information content (AvgIpc) is 2.83. The summed E-state index contributed by atoms with van der Waals surface area (Å²) in [4.78, 5) is 11.5. The molecule has 114 valence electrons. The number of hydrogen-bond donors (Lipinski definition) is 0. The first-order valence-corrected chi connectivity index (χ1v) is 7.34. The van der Waals surface area contributed by atoms with Crippen LogP contribution in [-0.4, -0.2) is 46.6 Å². The second-order valence-electron chi connectivity index (χ2n) is 5.86. The van der Waals surface area contributed by atoms with E-state index in [0.717, 1.165) is 37.6 Å². The van der Waals surface area contributed by atoms with Crippen LogP contribution < -0.4 is 9.47 Å². The number of imidazole rings is 1. The minimum atomic E-state index is 0.528. The van der Waals surface area contributed by atoms with Crippen molar-refractivity contribution in [2.24, 2.45) is 5.92 Å². The fourth-order valence-electron chi connectivity index (χ4n) is 2.94. The van der Waals surface area contributed by atoms with Crippen LogP contribution in [0.4, 0.5) is 0 Å². The summed E-state index contributed by atoms with van der Waals surface area (Å²) in [5.74, 6) is 2.56. The van der Waals surface area contributed by atoms with Crippen molar-refractivity contribution in [1.82, 2.24) is 19.3 Å². The Morgan fingerprint density at radius 2 is 2.05 bits per heavy atom. The van der Waals surface area contributed by atoms with E-state index in [0.29, 0.717) is 17.6 Å². The fourth-order valence-corrected chi connectivity index (χ4v) is 2.94. The number of fused-ring (bicyclic) bond motifs is 3. The lowest BCUT2D eigenvalue weighted by molar-refractivity contribution is 0.221. The Balaban J connectivity index is 2.05. The van der Waals surface area contributed by atoms with Gasteiger partial charge in [-0.1, -0.05) is 13.8 Å². The van der Waals surface area contributed by atoms with Crippen LogP contribution in [0.25, 0.3) is 5.78 Å². The first kappa shape index (κ1) is 14.1. The fraction of sp³-hybridized carbons (Fsp3) is 0.600. The van der Waals surface area contributed by atoms with Crippen LogP contribution >= 0.6 is 0 Å². The minimum absolute atomic E-state index is 0.528. The predicted molar refractivity (Wildman–Crippen MR) is 79.9 cm³/mol. The van der Waals surface area contributed by atoms with Crippen molar-refractivity contribution in [3.05, 3.63) is 17.5 Å². The van der Waals surface area contributed by atoms with Crippen molar-refractivity contribution in [3.63, 3.8) is 0 Å². The first-order valence-electron chi connectivity index (χ1n) is 7.34. The molecule has 0 atom stereocenters. The van der Waals surface area contributed by atoms with E-state index in [2.05, 4.69) is 28.7 Å². The van der Waals surface area contributed by atoms with Crippen LogP contribution in [0.15, 0.2) is 6.07 Å². The van der Waals surface area contributed by atoms with Crippen LogP contribution in [0.3, 0.4) is 0 Å². The molecule has 6 nitrogen and oxygen atoms in total. The van der Waals surface area contributed by atoms with E-state index in [1.165, 1.54) is 5.69 Å². The predicted octanol–water partition coefficient (Wildman–Crippen LogP) is 1.76. The van der Waals surface area contributed by atoms with Gasteiger partial charge in [0, 0.05) is 26.1 Å². The Morgan fingerprint density at radius 3 is 2.71 bits per heavy atom. The molecule has 21 heavy (non-hydrogen) atoms. The molecule has 6 heteroatoms. The lowest BCUT2D eigenvalue weighted by atomic mass is 10.1. The quantitative estimate of drug-likeness (QED) is 0.859. The Labute approximate surface area is 124 Å². The summed E-state index contributed by atoms with van der Waals surface area (Å²) in [6, 6.07) is 1.80. The van der Waals surface area contributed by atoms with Gasteiger partial charge in [0.15, 0.2) is 0 Å². The lowest BCUT2D eigenvalue weighted by Gasteiger charge is -2.28. The zero-order chi connectivity index (χ0) is 15.0. The summed E-state index contributed by atoms with van der Waals surface area (Å²) >= 11 is 0. The van der Waals surface area contributed by atoms with Gasteiger partial charge in [-0.25, -0.2) is 9.38 Å². The first-order chi connectivity index (χ1) is 10.1. The molecule has 0 unspecified atom stereocenters. The van der Waals surface area contributed by atoms with Gasteiger partial charge in [-0.3, -0.25) is 4.90 Å². The van der Waals surface area contributed by atoms with Crippen molar-refractivity contribution in [1.29, 1.82) is 0 Å². The molecule has 2 aromatic heterocycles. The van der Waals surface area contributed by atoms with Gasteiger partial charge in [0.25, 0.3) is 0 Å². The van der Waals surface area contributed by atoms with Gasteiger partial charge in [0.05, 0.1) is 31.7 Å². The third-order valence-electron chi connectivity index (χ3n) is 3.80. The zero-order valence-corrected chi connectivity index (χ0v) is 13.1. The van der Waals surface area contributed by atoms with Gasteiger partial charge in [-0.05, 0) is 5.92 Å². The van der Waals surface area contributed by atoms with Crippen LogP contribution in [0, 0.1) is 5.92 Å². The van der Waals surface area contributed by atoms with Gasteiger partial charge in [0.1, 0.15) is 0 Å². The molecule has 0 amide bonds. The van der Waals surface area contributed by atoms with Gasteiger partial charge >= 0.3 is 0 Å². The maximum Gasteiger partial charge on any atom is 0.240 e. The van der Waals surface area contributed by atoms with E-state index >= 15 is 0 Å². The Hall–Kier alpha value is -1.82. The molecule has 3 rings (SSSR count). The highest BCUT2D eigenvalue weighted by Crippen LogP contribution is 2.27. The van der Waals surface area contributed by atoms with Crippen molar-refractivity contribution in [2.45, 2.75) is 26.8 Å². The van der Waals surface area contributed by atoms with Crippen LogP contribution in [0.1, 0.15) is 25.2 Å². The van der Waals surface area contributed by atoms with Crippen molar-refractivity contribution in [2.75, 3.05) is 27.3 Å².